The third kappa shape index (κ3) is 6.47. The fourth-order valence-corrected chi connectivity index (χ4v) is 4.95. The Morgan fingerprint density at radius 3 is 2.07 bits per heavy atom. The predicted octanol–water partition coefficient (Wildman–Crippen LogP) is 7.68. The maximum absolute atomic E-state index is 13.2. The van der Waals surface area contributed by atoms with E-state index < -0.39 is 11.6 Å². The Balaban J connectivity index is 1.34. The van der Waals surface area contributed by atoms with Crippen LogP contribution in [0.4, 0.5) is 8.78 Å². The first-order valence-electron chi connectivity index (χ1n) is 11.3. The maximum atomic E-state index is 13.2. The number of benzene rings is 1. The molecule has 28 heavy (non-hydrogen) atoms. The van der Waals surface area contributed by atoms with Gasteiger partial charge in [0.15, 0.2) is 11.6 Å². The van der Waals surface area contributed by atoms with Gasteiger partial charge in [-0.2, -0.15) is 0 Å². The second-order valence-electron chi connectivity index (χ2n) is 8.91. The molecular weight excluding hydrogens is 350 g/mol. The van der Waals surface area contributed by atoms with Crippen LogP contribution >= 0.6 is 0 Å². The Kier molecular flexibility index (Phi) is 8.13. The summed E-state index contributed by atoms with van der Waals surface area (Å²) in [6, 6.07) is 3.79. The van der Waals surface area contributed by atoms with E-state index in [4.69, 9.17) is 0 Å². The van der Waals surface area contributed by atoms with Gasteiger partial charge in [-0.25, -0.2) is 8.78 Å². The van der Waals surface area contributed by atoms with Crippen LogP contribution in [0.3, 0.4) is 0 Å². The number of rotatable bonds is 5. The highest BCUT2D eigenvalue weighted by atomic mass is 19.2. The van der Waals surface area contributed by atoms with E-state index in [9.17, 15) is 8.78 Å². The minimum atomic E-state index is -0.840. The average Bonchev–Trinajstić information content (AvgIpc) is 2.73. The topological polar surface area (TPSA) is 0 Å². The van der Waals surface area contributed by atoms with Gasteiger partial charge in [0.2, 0.25) is 0 Å². The van der Waals surface area contributed by atoms with Crippen molar-refractivity contribution in [3.63, 3.8) is 0 Å². The van der Waals surface area contributed by atoms with E-state index in [1.54, 1.807) is 0 Å². The standard InChI is InChI=1S/C26H34F2/c1-2-20-7-9-22(10-8-20)15-16-23-13-11-21(12-14-23)5-3-4-6-24-17-18-25(27)26(28)19-24/h3,5,17-23H,2,7-16H2,1H3/b5-3+. The minimum Gasteiger partial charge on any atom is -0.204 e. The third-order valence-electron chi connectivity index (χ3n) is 7.01. The van der Waals surface area contributed by atoms with Gasteiger partial charge >= 0.3 is 0 Å². The van der Waals surface area contributed by atoms with Crippen LogP contribution in [-0.2, 0) is 0 Å². The first kappa shape index (κ1) is 21.1. The Labute approximate surface area is 169 Å². The summed E-state index contributed by atoms with van der Waals surface area (Å²) in [6.45, 7) is 2.34. The summed E-state index contributed by atoms with van der Waals surface area (Å²) < 4.78 is 26.1. The first-order chi connectivity index (χ1) is 13.6. The summed E-state index contributed by atoms with van der Waals surface area (Å²) in [5.41, 5.74) is 0.514. The number of halogens is 2. The summed E-state index contributed by atoms with van der Waals surface area (Å²) >= 11 is 0. The molecule has 1 aromatic carbocycles. The second-order valence-corrected chi connectivity index (χ2v) is 8.91. The molecule has 0 heterocycles. The molecule has 0 aliphatic heterocycles. The van der Waals surface area contributed by atoms with Crippen molar-refractivity contribution in [2.24, 2.45) is 23.7 Å². The summed E-state index contributed by atoms with van der Waals surface area (Å²) in [4.78, 5) is 0. The van der Waals surface area contributed by atoms with Crippen LogP contribution in [0.1, 0.15) is 83.1 Å². The van der Waals surface area contributed by atoms with Gasteiger partial charge in [-0.1, -0.05) is 69.8 Å². The molecule has 3 rings (SSSR count). The van der Waals surface area contributed by atoms with E-state index in [0.717, 1.165) is 29.9 Å². The summed E-state index contributed by atoms with van der Waals surface area (Å²) in [5.74, 6) is 7.71. The number of hydrogen-bond acceptors (Lipinski definition) is 0. The molecule has 2 fully saturated rings. The van der Waals surface area contributed by atoms with E-state index in [-0.39, 0.29) is 0 Å². The molecule has 0 aromatic heterocycles. The molecular formula is C26H34F2. The second kappa shape index (κ2) is 10.8. The number of allylic oxidation sites excluding steroid dienone is 2. The normalized spacial score (nSPS) is 28.1. The quantitative estimate of drug-likeness (QED) is 0.457. The van der Waals surface area contributed by atoms with Gasteiger partial charge in [-0.05, 0) is 73.6 Å². The van der Waals surface area contributed by atoms with Crippen molar-refractivity contribution in [2.45, 2.75) is 77.6 Å². The Morgan fingerprint density at radius 2 is 1.46 bits per heavy atom. The van der Waals surface area contributed by atoms with Gasteiger partial charge in [0.25, 0.3) is 0 Å². The summed E-state index contributed by atoms with van der Waals surface area (Å²) in [5, 5.41) is 0. The lowest BCUT2D eigenvalue weighted by Crippen LogP contribution is -2.17. The van der Waals surface area contributed by atoms with E-state index in [0.29, 0.717) is 11.5 Å². The van der Waals surface area contributed by atoms with Gasteiger partial charge in [-0.3, -0.25) is 0 Å². The van der Waals surface area contributed by atoms with Crippen molar-refractivity contribution in [1.29, 1.82) is 0 Å². The maximum Gasteiger partial charge on any atom is 0.160 e. The molecule has 0 saturated heterocycles. The fourth-order valence-electron chi connectivity index (χ4n) is 4.95. The fraction of sp³-hybridized carbons (Fsp3) is 0.615. The van der Waals surface area contributed by atoms with Crippen molar-refractivity contribution < 1.29 is 8.78 Å². The van der Waals surface area contributed by atoms with E-state index in [1.165, 1.54) is 76.7 Å². The average molecular weight is 385 g/mol. The van der Waals surface area contributed by atoms with Gasteiger partial charge in [0.1, 0.15) is 0 Å². The molecule has 0 atom stereocenters. The van der Waals surface area contributed by atoms with Crippen LogP contribution in [0.5, 0.6) is 0 Å². The van der Waals surface area contributed by atoms with Gasteiger partial charge < -0.3 is 0 Å². The van der Waals surface area contributed by atoms with Crippen LogP contribution in [-0.4, -0.2) is 0 Å². The molecule has 0 nitrogen and oxygen atoms in total. The molecule has 2 heteroatoms. The van der Waals surface area contributed by atoms with Crippen molar-refractivity contribution in [1.82, 2.24) is 0 Å². The van der Waals surface area contributed by atoms with Crippen molar-refractivity contribution >= 4 is 0 Å². The highest BCUT2D eigenvalue weighted by Crippen LogP contribution is 2.37. The third-order valence-corrected chi connectivity index (χ3v) is 7.01. The zero-order chi connectivity index (χ0) is 19.8. The molecule has 2 saturated carbocycles. The SMILES string of the molecule is CCC1CCC(CCC2CCC(/C=C/C#Cc3ccc(F)c(F)c3)CC2)CC1. The molecule has 0 spiro atoms. The molecule has 0 amide bonds. The first-order valence-corrected chi connectivity index (χ1v) is 11.3. The highest BCUT2D eigenvalue weighted by molar-refractivity contribution is 5.37. The van der Waals surface area contributed by atoms with Crippen LogP contribution in [0, 0.1) is 47.1 Å². The molecule has 152 valence electrons. The van der Waals surface area contributed by atoms with Crippen molar-refractivity contribution in [2.75, 3.05) is 0 Å². The summed E-state index contributed by atoms with van der Waals surface area (Å²) in [6.07, 6.45) is 19.4. The van der Waals surface area contributed by atoms with Crippen molar-refractivity contribution in [3.05, 3.63) is 47.5 Å². The van der Waals surface area contributed by atoms with E-state index in [2.05, 4.69) is 24.8 Å². The number of hydrogen-bond donors (Lipinski definition) is 0. The Bertz CT molecular complexity index is 693. The largest absolute Gasteiger partial charge is 0.204 e. The smallest absolute Gasteiger partial charge is 0.160 e. The zero-order valence-corrected chi connectivity index (χ0v) is 17.2. The van der Waals surface area contributed by atoms with Crippen molar-refractivity contribution in [3.8, 4) is 11.8 Å². The summed E-state index contributed by atoms with van der Waals surface area (Å²) in [7, 11) is 0. The van der Waals surface area contributed by atoms with Gasteiger partial charge in [-0.15, -0.1) is 0 Å². The van der Waals surface area contributed by atoms with Crippen LogP contribution in [0.15, 0.2) is 30.4 Å². The van der Waals surface area contributed by atoms with Crippen LogP contribution in [0.25, 0.3) is 0 Å². The molecule has 2 aliphatic rings. The Hall–Kier alpha value is -1.62. The molecule has 1 aromatic rings. The predicted molar refractivity (Wildman–Crippen MR) is 113 cm³/mol. The molecule has 0 bridgehead atoms. The lowest BCUT2D eigenvalue weighted by Gasteiger charge is -2.31. The lowest BCUT2D eigenvalue weighted by atomic mass is 9.75. The van der Waals surface area contributed by atoms with Crippen LogP contribution < -0.4 is 0 Å². The molecule has 0 radical (unpaired) electrons. The minimum absolute atomic E-state index is 0.514. The van der Waals surface area contributed by atoms with Gasteiger partial charge in [0, 0.05) is 5.56 Å². The van der Waals surface area contributed by atoms with E-state index in [1.807, 2.05) is 6.08 Å². The highest BCUT2D eigenvalue weighted by Gasteiger charge is 2.23. The van der Waals surface area contributed by atoms with E-state index >= 15 is 0 Å². The Morgan fingerprint density at radius 1 is 0.857 bits per heavy atom. The van der Waals surface area contributed by atoms with Gasteiger partial charge in [0.05, 0.1) is 0 Å². The molecule has 0 unspecified atom stereocenters. The zero-order valence-electron chi connectivity index (χ0n) is 17.2. The molecule has 2 aliphatic carbocycles. The lowest BCUT2D eigenvalue weighted by molar-refractivity contribution is 0.224. The van der Waals surface area contributed by atoms with Crippen LogP contribution in [0.2, 0.25) is 0 Å². The molecule has 0 N–H and O–H groups in total. The monoisotopic (exact) mass is 384 g/mol.